The Labute approximate surface area is 246 Å². The van der Waals surface area contributed by atoms with E-state index in [-0.39, 0.29) is 40.8 Å². The predicted octanol–water partition coefficient (Wildman–Crippen LogP) is 6.95. The number of benzene rings is 2. The second-order valence-corrected chi connectivity index (χ2v) is 10.5. The van der Waals surface area contributed by atoms with Crippen LogP contribution in [0.15, 0.2) is 54.7 Å². The van der Waals surface area contributed by atoms with Gasteiger partial charge in [-0.1, -0.05) is 25.1 Å². The molecule has 0 bridgehead atoms. The van der Waals surface area contributed by atoms with Crippen molar-refractivity contribution >= 4 is 28.6 Å². The number of nitrogens with zero attached hydrogens (tertiary/aromatic N) is 5. The molecule has 44 heavy (non-hydrogen) atoms. The molecule has 1 aliphatic carbocycles. The molecule has 5 rings (SSSR count). The number of aromatic carboxylic acids is 1. The number of anilines is 2. The van der Waals surface area contributed by atoms with Gasteiger partial charge in [-0.2, -0.15) is 13.2 Å². The summed E-state index contributed by atoms with van der Waals surface area (Å²) in [6, 6.07) is 8.16. The van der Waals surface area contributed by atoms with Crippen LogP contribution in [0.5, 0.6) is 5.75 Å². The van der Waals surface area contributed by atoms with Crippen LogP contribution in [0, 0.1) is 5.92 Å². The van der Waals surface area contributed by atoms with E-state index < -0.39 is 35.6 Å². The molecule has 0 aliphatic heterocycles. The van der Waals surface area contributed by atoms with Crippen LogP contribution in [0.2, 0.25) is 0 Å². The Morgan fingerprint density at radius 2 is 1.75 bits per heavy atom. The normalized spacial score (nSPS) is 13.9. The third-order valence-corrected chi connectivity index (χ3v) is 7.24. The number of carboxylic acids is 1. The van der Waals surface area contributed by atoms with Crippen LogP contribution in [0.25, 0.3) is 22.6 Å². The van der Waals surface area contributed by atoms with E-state index in [1.54, 1.807) is 19.0 Å². The lowest BCUT2D eigenvalue weighted by Gasteiger charge is -2.28. The molecule has 15 heteroatoms. The van der Waals surface area contributed by atoms with Crippen molar-refractivity contribution in [1.82, 2.24) is 19.5 Å². The fourth-order valence-corrected chi connectivity index (χ4v) is 4.76. The molecular formula is C29H26F6N6O3. The van der Waals surface area contributed by atoms with Crippen LogP contribution in [-0.2, 0) is 12.7 Å². The van der Waals surface area contributed by atoms with Gasteiger partial charge < -0.3 is 24.6 Å². The van der Waals surface area contributed by atoms with Gasteiger partial charge in [-0.15, -0.1) is 13.2 Å². The summed E-state index contributed by atoms with van der Waals surface area (Å²) in [6.45, 7) is 3.85. The molecule has 2 aromatic heterocycles. The molecule has 1 saturated carbocycles. The summed E-state index contributed by atoms with van der Waals surface area (Å²) in [5, 5.41) is 12.8. The van der Waals surface area contributed by atoms with Crippen molar-refractivity contribution < 1.29 is 41.0 Å². The van der Waals surface area contributed by atoms with Gasteiger partial charge in [0.2, 0.25) is 5.82 Å². The molecule has 1 aliphatic rings. The minimum absolute atomic E-state index is 0.0167. The number of allylic oxidation sites excluding steroid dienone is 1. The number of nitrogens with one attached hydrogen (secondary N) is 1. The van der Waals surface area contributed by atoms with Gasteiger partial charge in [0.05, 0.1) is 11.1 Å². The Morgan fingerprint density at radius 3 is 2.30 bits per heavy atom. The third kappa shape index (κ3) is 6.40. The molecule has 0 unspecified atom stereocenters. The summed E-state index contributed by atoms with van der Waals surface area (Å²) in [6.07, 6.45) is -6.98. The van der Waals surface area contributed by atoms with Crippen molar-refractivity contribution in [2.24, 2.45) is 5.92 Å². The van der Waals surface area contributed by atoms with Gasteiger partial charge in [-0.3, -0.25) is 0 Å². The number of alkyl halides is 6. The summed E-state index contributed by atoms with van der Waals surface area (Å²) in [5.74, 6) is -2.75. The maximum Gasteiger partial charge on any atom is 0.573 e. The first-order valence-corrected chi connectivity index (χ1v) is 13.3. The first-order valence-electron chi connectivity index (χ1n) is 13.3. The van der Waals surface area contributed by atoms with E-state index in [9.17, 15) is 36.2 Å². The van der Waals surface area contributed by atoms with E-state index >= 15 is 0 Å². The van der Waals surface area contributed by atoms with Crippen molar-refractivity contribution in [2.75, 3.05) is 24.3 Å². The highest BCUT2D eigenvalue weighted by Crippen LogP contribution is 2.40. The Hall–Kier alpha value is -4.82. The van der Waals surface area contributed by atoms with E-state index in [1.807, 2.05) is 0 Å². The van der Waals surface area contributed by atoms with E-state index in [2.05, 4.69) is 31.6 Å². The van der Waals surface area contributed by atoms with Gasteiger partial charge in [-0.25, -0.2) is 19.7 Å². The van der Waals surface area contributed by atoms with Crippen LogP contribution in [0.1, 0.15) is 41.0 Å². The Balaban J connectivity index is 1.77. The zero-order valence-corrected chi connectivity index (χ0v) is 23.4. The number of aromatic nitrogens is 4. The van der Waals surface area contributed by atoms with Crippen LogP contribution in [0.4, 0.5) is 37.8 Å². The van der Waals surface area contributed by atoms with Gasteiger partial charge >= 0.3 is 18.5 Å². The second-order valence-electron chi connectivity index (χ2n) is 10.5. The Bertz CT molecular complexity index is 1730. The number of rotatable bonds is 9. The number of fused-ring (bicyclic) bond motifs is 1. The number of hydrogen-bond donors (Lipinski definition) is 2. The second kappa shape index (κ2) is 11.4. The maximum absolute atomic E-state index is 13.5. The van der Waals surface area contributed by atoms with E-state index in [0.717, 1.165) is 37.5 Å². The van der Waals surface area contributed by atoms with Crippen molar-refractivity contribution in [2.45, 2.75) is 38.3 Å². The van der Waals surface area contributed by atoms with Crippen LogP contribution in [0.3, 0.4) is 0 Å². The molecule has 0 atom stereocenters. The smallest absolute Gasteiger partial charge is 0.475 e. The summed E-state index contributed by atoms with van der Waals surface area (Å²) in [5.41, 5.74) is 0.301. The lowest BCUT2D eigenvalue weighted by Crippen LogP contribution is -2.20. The van der Waals surface area contributed by atoms with Crippen molar-refractivity contribution in [3.63, 3.8) is 0 Å². The average Bonchev–Trinajstić information content (AvgIpc) is 3.24. The van der Waals surface area contributed by atoms with Gasteiger partial charge in [0.25, 0.3) is 0 Å². The number of halogens is 6. The Morgan fingerprint density at radius 1 is 1.07 bits per heavy atom. The minimum atomic E-state index is -5.07. The topological polar surface area (TPSA) is 105 Å². The molecule has 4 aromatic rings. The van der Waals surface area contributed by atoms with Gasteiger partial charge in [-0.05, 0) is 54.7 Å². The summed E-state index contributed by atoms with van der Waals surface area (Å²) in [4.78, 5) is 26.2. The van der Waals surface area contributed by atoms with Gasteiger partial charge in [0, 0.05) is 32.0 Å². The molecule has 2 heterocycles. The quantitative estimate of drug-likeness (QED) is 0.194. The fourth-order valence-electron chi connectivity index (χ4n) is 4.76. The highest BCUT2D eigenvalue weighted by Gasteiger charge is 2.34. The molecule has 0 radical (unpaired) electrons. The monoisotopic (exact) mass is 620 g/mol. The molecule has 1 fully saturated rings. The first-order chi connectivity index (χ1) is 20.6. The van der Waals surface area contributed by atoms with Crippen LogP contribution >= 0.6 is 0 Å². The minimum Gasteiger partial charge on any atom is -0.475 e. The molecule has 0 amide bonds. The highest BCUT2D eigenvalue weighted by atomic mass is 19.4. The van der Waals surface area contributed by atoms with E-state index in [0.29, 0.717) is 16.9 Å². The maximum atomic E-state index is 13.5. The number of carboxylic acid groups (broad SMARTS) is 1. The number of hydrogen-bond acceptors (Lipinski definition) is 7. The first kappa shape index (κ1) is 30.6. The lowest BCUT2D eigenvalue weighted by molar-refractivity contribution is -0.274. The Kier molecular flexibility index (Phi) is 7.90. The molecular weight excluding hydrogens is 594 g/mol. The highest BCUT2D eigenvalue weighted by molar-refractivity contribution is 5.93. The summed E-state index contributed by atoms with van der Waals surface area (Å²) >= 11 is 0. The number of ether oxygens (including phenoxy) is 1. The molecule has 232 valence electrons. The summed E-state index contributed by atoms with van der Waals surface area (Å²) < 4.78 is 85.9. The third-order valence-electron chi connectivity index (χ3n) is 7.24. The van der Waals surface area contributed by atoms with Crippen LogP contribution < -0.4 is 15.0 Å². The van der Waals surface area contributed by atoms with Gasteiger partial charge in [0.1, 0.15) is 17.1 Å². The number of imidazole rings is 1. The van der Waals surface area contributed by atoms with E-state index in [1.165, 1.54) is 28.8 Å². The SMILES string of the molecule is C=C(Nc1nc(C(=O)O)nc2nc(-c3cc(N(C)C)ccc3OC(F)(F)F)n(Cc3ccc(C(F)(F)F)cc3)c12)C1CCC1. The van der Waals surface area contributed by atoms with Crippen LogP contribution in [-0.4, -0.2) is 51.1 Å². The molecule has 0 spiro atoms. The van der Waals surface area contributed by atoms with Crippen molar-refractivity contribution in [3.05, 3.63) is 71.7 Å². The van der Waals surface area contributed by atoms with E-state index in [4.69, 9.17) is 0 Å². The molecule has 2 aromatic carbocycles. The molecule has 9 nitrogen and oxygen atoms in total. The fraction of sp³-hybridized carbons (Fsp3) is 0.310. The summed E-state index contributed by atoms with van der Waals surface area (Å²) in [7, 11) is 3.35. The zero-order valence-electron chi connectivity index (χ0n) is 23.4. The standard InChI is InChI=1S/C29H26F6N6O3/c1-15(17-5-4-6-17)36-23-22-24(38-25(37-23)27(42)43)39-26(41(22)14-16-7-9-18(10-8-16)28(30,31)32)20-13-19(40(2)3)11-12-21(20)44-29(33,34)35/h7-13,17H,1,4-6,14H2,2-3H3,(H,42,43)(H,36,37,38). The molecule has 0 saturated heterocycles. The van der Waals surface area contributed by atoms with Crippen molar-refractivity contribution in [1.29, 1.82) is 0 Å². The molecule has 2 N–H and O–H groups in total. The van der Waals surface area contributed by atoms with Crippen molar-refractivity contribution in [3.8, 4) is 17.1 Å². The number of carbonyl (C=O) groups is 1. The lowest BCUT2D eigenvalue weighted by atomic mass is 9.83. The van der Waals surface area contributed by atoms with Gasteiger partial charge in [0.15, 0.2) is 11.5 Å². The predicted molar refractivity (Wildman–Crippen MR) is 149 cm³/mol. The zero-order chi connectivity index (χ0) is 32.0. The average molecular weight is 621 g/mol. The largest absolute Gasteiger partial charge is 0.573 e.